The first-order valence-corrected chi connectivity index (χ1v) is 9.89. The van der Waals surface area contributed by atoms with Crippen LogP contribution in [0.4, 0.5) is 0 Å². The Morgan fingerprint density at radius 3 is 2.29 bits per heavy atom. The highest BCUT2D eigenvalue weighted by Gasteiger charge is 2.43. The molecule has 2 atom stereocenters. The first-order valence-electron chi connectivity index (χ1n) is 9.89. The van der Waals surface area contributed by atoms with E-state index in [-0.39, 0.29) is 18.4 Å². The van der Waals surface area contributed by atoms with Gasteiger partial charge in [-0.15, -0.1) is 0 Å². The minimum atomic E-state index is -0.244. The van der Waals surface area contributed by atoms with Crippen molar-refractivity contribution in [3.8, 4) is 0 Å². The van der Waals surface area contributed by atoms with E-state index in [0.717, 1.165) is 30.6 Å². The standard InChI is InChI=1S/C23H26N2O3/c1-15-6-8-18(9-7-15)20-21(24-12-16(2)11-17(3)13-24)23(27)25(22(20)26)14-19-5-4-10-28-19/h4-10,16-17H,11-14H2,1-3H3. The second-order valence-electron chi connectivity index (χ2n) is 8.22. The fraction of sp³-hybridized carbons (Fsp3) is 0.391. The summed E-state index contributed by atoms with van der Waals surface area (Å²) in [5, 5.41) is 0. The fourth-order valence-electron chi connectivity index (χ4n) is 4.38. The smallest absolute Gasteiger partial charge is 0.278 e. The highest BCUT2D eigenvalue weighted by atomic mass is 16.3. The zero-order chi connectivity index (χ0) is 19.8. The lowest BCUT2D eigenvalue weighted by molar-refractivity contribution is -0.138. The van der Waals surface area contributed by atoms with Crippen molar-refractivity contribution in [1.29, 1.82) is 0 Å². The number of rotatable bonds is 4. The average molecular weight is 378 g/mol. The zero-order valence-electron chi connectivity index (χ0n) is 16.6. The summed E-state index contributed by atoms with van der Waals surface area (Å²) >= 11 is 0. The van der Waals surface area contributed by atoms with Crippen molar-refractivity contribution in [2.45, 2.75) is 33.7 Å². The fourth-order valence-corrected chi connectivity index (χ4v) is 4.38. The second-order valence-corrected chi connectivity index (χ2v) is 8.22. The van der Waals surface area contributed by atoms with Gasteiger partial charge in [-0.3, -0.25) is 14.5 Å². The van der Waals surface area contributed by atoms with E-state index in [4.69, 9.17) is 4.42 Å². The van der Waals surface area contributed by atoms with Crippen LogP contribution in [0.3, 0.4) is 0 Å². The van der Waals surface area contributed by atoms with Gasteiger partial charge in [-0.1, -0.05) is 43.7 Å². The summed E-state index contributed by atoms with van der Waals surface area (Å²) in [6.45, 7) is 8.17. The third kappa shape index (κ3) is 3.37. The average Bonchev–Trinajstić information content (AvgIpc) is 3.24. The second kappa shape index (κ2) is 7.30. The third-order valence-electron chi connectivity index (χ3n) is 5.56. The molecule has 5 nitrogen and oxygen atoms in total. The van der Waals surface area contributed by atoms with Crippen LogP contribution in [-0.4, -0.2) is 34.7 Å². The van der Waals surface area contributed by atoms with Crippen LogP contribution in [0.5, 0.6) is 0 Å². The van der Waals surface area contributed by atoms with E-state index >= 15 is 0 Å². The van der Waals surface area contributed by atoms with Crippen molar-refractivity contribution in [2.75, 3.05) is 13.1 Å². The van der Waals surface area contributed by atoms with Gasteiger partial charge >= 0.3 is 0 Å². The number of piperidine rings is 1. The van der Waals surface area contributed by atoms with Crippen molar-refractivity contribution < 1.29 is 14.0 Å². The van der Waals surface area contributed by atoms with Crippen LogP contribution < -0.4 is 0 Å². The van der Waals surface area contributed by atoms with Crippen molar-refractivity contribution in [1.82, 2.24) is 9.80 Å². The molecule has 0 saturated carbocycles. The Hall–Kier alpha value is -2.82. The summed E-state index contributed by atoms with van der Waals surface area (Å²) in [7, 11) is 0. The van der Waals surface area contributed by atoms with Crippen LogP contribution in [0.1, 0.15) is 37.2 Å². The van der Waals surface area contributed by atoms with Gasteiger partial charge in [0.2, 0.25) is 0 Å². The Kier molecular flexibility index (Phi) is 4.84. The molecule has 0 spiro atoms. The number of aryl methyl sites for hydroxylation is 1. The van der Waals surface area contributed by atoms with E-state index in [1.165, 1.54) is 4.90 Å². The molecule has 146 valence electrons. The highest BCUT2D eigenvalue weighted by molar-refractivity contribution is 6.35. The molecule has 2 unspecified atom stereocenters. The van der Waals surface area contributed by atoms with Gasteiger partial charge in [-0.2, -0.15) is 0 Å². The molecule has 3 heterocycles. The van der Waals surface area contributed by atoms with Crippen LogP contribution in [0, 0.1) is 18.8 Å². The maximum absolute atomic E-state index is 13.4. The molecule has 4 rings (SSSR count). The van der Waals surface area contributed by atoms with E-state index in [2.05, 4.69) is 18.7 Å². The number of hydrogen-bond donors (Lipinski definition) is 0. The number of carbonyl (C=O) groups is 2. The Morgan fingerprint density at radius 1 is 1.00 bits per heavy atom. The van der Waals surface area contributed by atoms with Gasteiger partial charge in [0.1, 0.15) is 11.5 Å². The molecule has 28 heavy (non-hydrogen) atoms. The zero-order valence-corrected chi connectivity index (χ0v) is 16.6. The van der Waals surface area contributed by atoms with Crippen molar-refractivity contribution >= 4 is 17.4 Å². The molecule has 0 bridgehead atoms. The Balaban J connectivity index is 1.76. The van der Waals surface area contributed by atoms with E-state index in [1.807, 2.05) is 31.2 Å². The van der Waals surface area contributed by atoms with Gasteiger partial charge in [-0.05, 0) is 42.9 Å². The maximum atomic E-state index is 13.4. The van der Waals surface area contributed by atoms with E-state index < -0.39 is 0 Å². The Labute approximate surface area is 165 Å². The molecule has 0 radical (unpaired) electrons. The van der Waals surface area contributed by atoms with Gasteiger partial charge < -0.3 is 9.32 Å². The molecule has 2 amide bonds. The van der Waals surface area contributed by atoms with Crippen LogP contribution in [-0.2, 0) is 16.1 Å². The molecule has 0 N–H and O–H groups in total. The first kappa shape index (κ1) is 18.5. The van der Waals surface area contributed by atoms with Gasteiger partial charge in [0.25, 0.3) is 11.8 Å². The molecule has 2 aromatic rings. The molecule has 1 fully saturated rings. The summed E-state index contributed by atoms with van der Waals surface area (Å²) < 4.78 is 5.39. The van der Waals surface area contributed by atoms with E-state index in [1.54, 1.807) is 18.4 Å². The Morgan fingerprint density at radius 2 is 1.68 bits per heavy atom. The normalized spacial score (nSPS) is 23.1. The lowest BCUT2D eigenvalue weighted by atomic mass is 9.91. The van der Waals surface area contributed by atoms with Crippen LogP contribution in [0.2, 0.25) is 0 Å². The van der Waals surface area contributed by atoms with Crippen LogP contribution in [0.15, 0.2) is 52.8 Å². The van der Waals surface area contributed by atoms with Crippen LogP contribution >= 0.6 is 0 Å². The monoisotopic (exact) mass is 378 g/mol. The lowest BCUT2D eigenvalue weighted by Crippen LogP contribution is -2.41. The van der Waals surface area contributed by atoms with Crippen molar-refractivity contribution in [3.05, 3.63) is 65.2 Å². The maximum Gasteiger partial charge on any atom is 0.278 e. The van der Waals surface area contributed by atoms with Crippen molar-refractivity contribution in [2.24, 2.45) is 11.8 Å². The highest BCUT2D eigenvalue weighted by Crippen LogP contribution is 2.35. The lowest BCUT2D eigenvalue weighted by Gasteiger charge is -2.37. The summed E-state index contributed by atoms with van der Waals surface area (Å²) in [5.74, 6) is 1.10. The van der Waals surface area contributed by atoms with E-state index in [0.29, 0.717) is 28.9 Å². The topological polar surface area (TPSA) is 53.8 Å². The number of amides is 2. The molecular weight excluding hydrogens is 352 g/mol. The molecular formula is C23H26N2O3. The molecule has 1 saturated heterocycles. The molecule has 5 heteroatoms. The number of carbonyl (C=O) groups excluding carboxylic acids is 2. The number of nitrogens with zero attached hydrogens (tertiary/aromatic N) is 2. The molecule has 2 aliphatic rings. The Bertz CT molecular complexity index is 902. The molecule has 2 aliphatic heterocycles. The number of benzene rings is 1. The predicted molar refractivity (Wildman–Crippen MR) is 107 cm³/mol. The number of furan rings is 1. The van der Waals surface area contributed by atoms with Crippen LogP contribution in [0.25, 0.3) is 5.57 Å². The molecule has 0 aliphatic carbocycles. The third-order valence-corrected chi connectivity index (χ3v) is 5.56. The van der Waals surface area contributed by atoms with Crippen molar-refractivity contribution in [3.63, 3.8) is 0 Å². The summed E-state index contributed by atoms with van der Waals surface area (Å²) in [5.41, 5.74) is 2.97. The minimum Gasteiger partial charge on any atom is -0.467 e. The summed E-state index contributed by atoms with van der Waals surface area (Å²) in [6, 6.07) is 11.4. The van der Waals surface area contributed by atoms with Gasteiger partial charge in [0.15, 0.2) is 0 Å². The summed E-state index contributed by atoms with van der Waals surface area (Å²) in [4.78, 5) is 30.1. The largest absolute Gasteiger partial charge is 0.467 e. The van der Waals surface area contributed by atoms with Gasteiger partial charge in [-0.25, -0.2) is 0 Å². The quantitative estimate of drug-likeness (QED) is 0.759. The number of likely N-dealkylation sites (tertiary alicyclic amines) is 1. The minimum absolute atomic E-state index is 0.155. The number of hydrogen-bond acceptors (Lipinski definition) is 4. The molecule has 1 aromatic carbocycles. The van der Waals surface area contributed by atoms with Gasteiger partial charge in [0, 0.05) is 13.1 Å². The summed E-state index contributed by atoms with van der Waals surface area (Å²) in [6.07, 6.45) is 2.70. The predicted octanol–water partition coefficient (Wildman–Crippen LogP) is 3.85. The molecule has 1 aromatic heterocycles. The van der Waals surface area contributed by atoms with E-state index in [9.17, 15) is 9.59 Å². The van der Waals surface area contributed by atoms with Gasteiger partial charge in [0.05, 0.1) is 18.4 Å². The first-order chi connectivity index (χ1) is 13.4. The number of imide groups is 1. The SMILES string of the molecule is Cc1ccc(C2=C(N3CC(C)CC(C)C3)C(=O)N(Cc3ccco3)C2=O)cc1.